The first-order valence-electron chi connectivity index (χ1n) is 7.25. The smallest absolute Gasteiger partial charge is 0.213 e. The van der Waals surface area contributed by atoms with Gasteiger partial charge in [0.2, 0.25) is 6.39 Å². The maximum Gasteiger partial charge on any atom is 0.213 e. The fourth-order valence-corrected chi connectivity index (χ4v) is 2.69. The second-order valence-corrected chi connectivity index (χ2v) is 5.39. The lowest BCUT2D eigenvalue weighted by molar-refractivity contribution is 0.172. The second kappa shape index (κ2) is 6.80. The Bertz CT molecular complexity index is 532. The van der Waals surface area contributed by atoms with Crippen molar-refractivity contribution in [3.8, 4) is 0 Å². The van der Waals surface area contributed by atoms with Crippen molar-refractivity contribution >= 4 is 0 Å². The number of benzene rings is 1. The normalized spacial score (nSPS) is 20.7. The van der Waals surface area contributed by atoms with Gasteiger partial charge in [0.25, 0.3) is 0 Å². The molecule has 2 unspecified atom stereocenters. The highest BCUT2D eigenvalue weighted by Gasteiger charge is 2.23. The van der Waals surface area contributed by atoms with Crippen molar-refractivity contribution in [1.82, 2.24) is 20.4 Å². The SMILES string of the molecule is OC1CCN(CC(NCc2ncon2)c2ccccc2)C1. The molecule has 3 rings (SSSR count). The second-order valence-electron chi connectivity index (χ2n) is 5.39. The van der Waals surface area contributed by atoms with Crippen LogP contribution in [0.4, 0.5) is 0 Å². The van der Waals surface area contributed by atoms with Crippen LogP contribution in [0.3, 0.4) is 0 Å². The maximum absolute atomic E-state index is 9.67. The summed E-state index contributed by atoms with van der Waals surface area (Å²) in [6, 6.07) is 10.5. The van der Waals surface area contributed by atoms with Crippen LogP contribution in [0.2, 0.25) is 0 Å². The highest BCUT2D eigenvalue weighted by molar-refractivity contribution is 5.19. The predicted molar refractivity (Wildman–Crippen MR) is 77.4 cm³/mol. The third-order valence-electron chi connectivity index (χ3n) is 3.80. The molecule has 1 fully saturated rings. The number of β-amino-alcohol motifs (C(OH)–C–C–N with tert-alkyl or cyclic N) is 1. The summed E-state index contributed by atoms with van der Waals surface area (Å²) in [6.45, 7) is 3.10. The molecule has 1 aliphatic rings. The lowest BCUT2D eigenvalue weighted by atomic mass is 10.1. The third-order valence-corrected chi connectivity index (χ3v) is 3.80. The minimum atomic E-state index is -0.196. The van der Waals surface area contributed by atoms with E-state index in [0.717, 1.165) is 26.1 Å². The summed E-state index contributed by atoms with van der Waals surface area (Å²) < 4.78 is 4.76. The highest BCUT2D eigenvalue weighted by Crippen LogP contribution is 2.18. The van der Waals surface area contributed by atoms with Gasteiger partial charge in [-0.1, -0.05) is 35.5 Å². The van der Waals surface area contributed by atoms with Crippen molar-refractivity contribution in [2.75, 3.05) is 19.6 Å². The van der Waals surface area contributed by atoms with Crippen LogP contribution in [0, 0.1) is 0 Å². The van der Waals surface area contributed by atoms with Gasteiger partial charge in [0.05, 0.1) is 12.6 Å². The summed E-state index contributed by atoms with van der Waals surface area (Å²) in [5, 5.41) is 17.0. The topological polar surface area (TPSA) is 74.4 Å². The molecule has 1 aromatic heterocycles. The molecule has 1 saturated heterocycles. The Kier molecular flexibility index (Phi) is 4.59. The number of hydrogen-bond donors (Lipinski definition) is 2. The molecule has 6 heteroatoms. The number of aliphatic hydroxyl groups is 1. The molecule has 0 aliphatic carbocycles. The van der Waals surface area contributed by atoms with Gasteiger partial charge in [-0.3, -0.25) is 4.90 Å². The van der Waals surface area contributed by atoms with Crippen molar-refractivity contribution < 1.29 is 9.63 Å². The number of hydrogen-bond acceptors (Lipinski definition) is 6. The van der Waals surface area contributed by atoms with E-state index in [-0.39, 0.29) is 12.1 Å². The van der Waals surface area contributed by atoms with Crippen molar-refractivity contribution in [3.63, 3.8) is 0 Å². The number of nitrogens with zero attached hydrogens (tertiary/aromatic N) is 3. The summed E-state index contributed by atoms with van der Waals surface area (Å²) in [7, 11) is 0. The minimum Gasteiger partial charge on any atom is -0.392 e. The molecule has 0 bridgehead atoms. The lowest BCUT2D eigenvalue weighted by Gasteiger charge is -2.24. The monoisotopic (exact) mass is 288 g/mol. The predicted octanol–water partition coefficient (Wildman–Crippen LogP) is 0.967. The molecule has 2 N–H and O–H groups in total. The first-order valence-corrected chi connectivity index (χ1v) is 7.25. The number of rotatable bonds is 6. The van der Waals surface area contributed by atoms with E-state index in [2.05, 4.69) is 32.5 Å². The standard InChI is InChI=1S/C15H20N4O2/c20-13-6-7-19(9-13)10-14(12-4-2-1-3-5-12)16-8-15-17-11-21-18-15/h1-5,11,13-14,16,20H,6-10H2. The van der Waals surface area contributed by atoms with Crippen LogP contribution < -0.4 is 5.32 Å². The largest absolute Gasteiger partial charge is 0.392 e. The summed E-state index contributed by atoms with van der Waals surface area (Å²) in [5.74, 6) is 0.650. The van der Waals surface area contributed by atoms with E-state index in [0.29, 0.717) is 12.4 Å². The van der Waals surface area contributed by atoms with Crippen LogP contribution in [-0.4, -0.2) is 45.9 Å². The third kappa shape index (κ3) is 3.87. The average Bonchev–Trinajstić information content (AvgIpc) is 3.16. The molecule has 2 aromatic rings. The number of aromatic nitrogens is 2. The van der Waals surface area contributed by atoms with Crippen LogP contribution in [0.1, 0.15) is 23.9 Å². The number of likely N-dealkylation sites (tertiary alicyclic amines) is 1. The Morgan fingerprint density at radius 1 is 1.38 bits per heavy atom. The fraction of sp³-hybridized carbons (Fsp3) is 0.467. The Labute approximate surface area is 123 Å². The van der Waals surface area contributed by atoms with E-state index in [4.69, 9.17) is 4.52 Å². The summed E-state index contributed by atoms with van der Waals surface area (Å²) in [6.07, 6.45) is 2.00. The zero-order valence-corrected chi connectivity index (χ0v) is 11.9. The first kappa shape index (κ1) is 14.2. The Hall–Kier alpha value is -1.76. The van der Waals surface area contributed by atoms with Crippen LogP contribution >= 0.6 is 0 Å². The molecule has 0 spiro atoms. The lowest BCUT2D eigenvalue weighted by Crippen LogP contribution is -2.34. The molecular weight excluding hydrogens is 268 g/mol. The van der Waals surface area contributed by atoms with Crippen LogP contribution in [0.25, 0.3) is 0 Å². The van der Waals surface area contributed by atoms with Gasteiger partial charge in [-0.2, -0.15) is 4.98 Å². The Balaban J connectivity index is 1.65. The molecule has 2 atom stereocenters. The average molecular weight is 288 g/mol. The van der Waals surface area contributed by atoms with Crippen LogP contribution in [-0.2, 0) is 6.54 Å². The van der Waals surface area contributed by atoms with Crippen molar-refractivity contribution in [2.24, 2.45) is 0 Å². The molecule has 0 radical (unpaired) electrons. The Morgan fingerprint density at radius 3 is 2.90 bits per heavy atom. The molecule has 21 heavy (non-hydrogen) atoms. The molecule has 0 saturated carbocycles. The maximum atomic E-state index is 9.67. The zero-order valence-electron chi connectivity index (χ0n) is 11.9. The Morgan fingerprint density at radius 2 is 2.24 bits per heavy atom. The van der Waals surface area contributed by atoms with Crippen LogP contribution in [0.5, 0.6) is 0 Å². The van der Waals surface area contributed by atoms with Gasteiger partial charge in [0.15, 0.2) is 5.82 Å². The summed E-state index contributed by atoms with van der Waals surface area (Å²) in [5.41, 5.74) is 1.22. The quantitative estimate of drug-likeness (QED) is 0.825. The van der Waals surface area contributed by atoms with E-state index >= 15 is 0 Å². The zero-order chi connectivity index (χ0) is 14.5. The highest BCUT2D eigenvalue weighted by atomic mass is 16.5. The molecule has 112 valence electrons. The molecule has 1 aliphatic heterocycles. The van der Waals surface area contributed by atoms with E-state index in [1.54, 1.807) is 0 Å². The van der Waals surface area contributed by atoms with Crippen molar-refractivity contribution in [3.05, 3.63) is 48.1 Å². The van der Waals surface area contributed by atoms with Gasteiger partial charge < -0.3 is 14.9 Å². The van der Waals surface area contributed by atoms with E-state index in [1.807, 2.05) is 18.2 Å². The molecule has 2 heterocycles. The first-order chi connectivity index (χ1) is 10.3. The van der Waals surface area contributed by atoms with Gasteiger partial charge in [-0.05, 0) is 12.0 Å². The number of aliphatic hydroxyl groups excluding tert-OH is 1. The molecule has 6 nitrogen and oxygen atoms in total. The molecular formula is C15H20N4O2. The van der Waals surface area contributed by atoms with Crippen molar-refractivity contribution in [2.45, 2.75) is 25.1 Å². The minimum absolute atomic E-state index is 0.176. The van der Waals surface area contributed by atoms with Gasteiger partial charge in [0, 0.05) is 25.7 Å². The van der Waals surface area contributed by atoms with Gasteiger partial charge in [-0.15, -0.1) is 0 Å². The fourth-order valence-electron chi connectivity index (χ4n) is 2.69. The van der Waals surface area contributed by atoms with E-state index in [9.17, 15) is 5.11 Å². The summed E-state index contributed by atoms with van der Waals surface area (Å²) in [4.78, 5) is 6.32. The van der Waals surface area contributed by atoms with E-state index < -0.39 is 0 Å². The van der Waals surface area contributed by atoms with Crippen molar-refractivity contribution in [1.29, 1.82) is 0 Å². The van der Waals surface area contributed by atoms with Gasteiger partial charge in [-0.25, -0.2) is 0 Å². The van der Waals surface area contributed by atoms with Gasteiger partial charge in [0.1, 0.15) is 0 Å². The van der Waals surface area contributed by atoms with Gasteiger partial charge >= 0.3 is 0 Å². The molecule has 0 amide bonds. The van der Waals surface area contributed by atoms with Crippen LogP contribution in [0.15, 0.2) is 41.2 Å². The van der Waals surface area contributed by atoms with E-state index in [1.165, 1.54) is 12.0 Å². The number of nitrogens with one attached hydrogen (secondary N) is 1. The summed E-state index contributed by atoms with van der Waals surface area (Å²) >= 11 is 0. The molecule has 1 aromatic carbocycles.